The molecule has 16 heteroatoms. The molecule has 14 nitrogen and oxygen atoms in total. The van der Waals surface area contributed by atoms with Gasteiger partial charge < -0.3 is 40.7 Å². The first-order valence-electron chi connectivity index (χ1n) is 45.3. The lowest BCUT2D eigenvalue weighted by molar-refractivity contribution is 0.0681. The number of hydrogen-bond acceptors (Lipinski definition) is 10. The van der Waals surface area contributed by atoms with Crippen molar-refractivity contribution in [2.45, 2.75) is 273 Å². The predicted molar refractivity (Wildman–Crippen MR) is 505 cm³/mol. The number of unbranched alkanes of at least 4 members (excludes halogenated alkanes) is 19. The highest BCUT2D eigenvalue weighted by Crippen LogP contribution is 2.34. The summed E-state index contributed by atoms with van der Waals surface area (Å²) in [4.78, 5) is 59.7. The second kappa shape index (κ2) is 59.4. The summed E-state index contributed by atoms with van der Waals surface area (Å²) < 4.78 is 24.8. The van der Waals surface area contributed by atoms with Crippen molar-refractivity contribution >= 4 is 41.2 Å². The molecule has 0 spiro atoms. The molecule has 1 aliphatic rings. The van der Waals surface area contributed by atoms with Gasteiger partial charge >= 0.3 is 29.8 Å². The third-order valence-electron chi connectivity index (χ3n) is 22.0. The lowest BCUT2D eigenvalue weighted by Crippen LogP contribution is -2.17. The van der Waals surface area contributed by atoms with Crippen LogP contribution in [0, 0.1) is 19.7 Å². The predicted octanol–water partition coefficient (Wildman–Crippen LogP) is 29.2. The topological polar surface area (TPSA) is 244 Å². The van der Waals surface area contributed by atoms with Crippen LogP contribution in [-0.2, 0) is 30.4 Å². The zero-order chi connectivity index (χ0) is 88.8. The summed E-state index contributed by atoms with van der Waals surface area (Å²) >= 11 is 1.37. The van der Waals surface area contributed by atoms with Gasteiger partial charge in [-0.05, 0) is 217 Å². The normalized spacial score (nSPS) is 11.6. The summed E-state index contributed by atoms with van der Waals surface area (Å²) in [6, 6.07) is 65.4. The maximum atomic E-state index is 13.8. The van der Waals surface area contributed by atoms with Gasteiger partial charge in [0.25, 0.3) is 0 Å². The molecule has 0 unspecified atom stereocenters. The van der Waals surface area contributed by atoms with Crippen LogP contribution in [-0.4, -0.2) is 86.2 Å². The maximum Gasteiger partial charge on any atom is 0.338 e. The molecular weight excluding hydrogens is 1560 g/mol. The number of ether oxygens (including phenoxy) is 2. The van der Waals surface area contributed by atoms with E-state index in [0.29, 0.717) is 58.0 Å². The van der Waals surface area contributed by atoms with Crippen molar-refractivity contribution in [2.75, 3.05) is 19.8 Å². The van der Waals surface area contributed by atoms with E-state index in [1.54, 1.807) is 54.6 Å². The molecule has 0 amide bonds. The summed E-state index contributed by atoms with van der Waals surface area (Å²) in [5.41, 5.74) is 22.6. The van der Waals surface area contributed by atoms with Crippen LogP contribution in [0.5, 0.6) is 5.88 Å². The van der Waals surface area contributed by atoms with Crippen LogP contribution in [0.4, 0.5) is 4.39 Å². The highest BCUT2D eigenvalue weighted by atomic mass is 32.1. The molecule has 0 atom stereocenters. The minimum atomic E-state index is -1.29. The van der Waals surface area contributed by atoms with Crippen molar-refractivity contribution in [2.24, 2.45) is 5.73 Å². The van der Waals surface area contributed by atoms with E-state index >= 15 is 0 Å². The van der Waals surface area contributed by atoms with Gasteiger partial charge in [0.1, 0.15) is 17.4 Å². The largest absolute Gasteiger partial charge is 0.478 e. The number of carbonyl (C=O) groups is 5. The molecule has 9 aromatic carbocycles. The molecule has 1 aliphatic carbocycles. The number of aromatic nitrogens is 1. The molecule has 7 N–H and O–H groups in total. The first-order chi connectivity index (χ1) is 59.6. The number of hydrogen-bond donors (Lipinski definition) is 6. The van der Waals surface area contributed by atoms with Crippen LogP contribution in [0.3, 0.4) is 0 Å². The Balaban J connectivity index is 0.000000232. The summed E-state index contributed by atoms with van der Waals surface area (Å²) in [5, 5.41) is 45.3. The molecule has 123 heavy (non-hydrogen) atoms. The summed E-state index contributed by atoms with van der Waals surface area (Å²) in [6.07, 6.45) is 43.8. The van der Waals surface area contributed by atoms with Gasteiger partial charge in [-0.2, -0.15) is 0 Å². The van der Waals surface area contributed by atoms with E-state index in [4.69, 9.17) is 40.7 Å². The molecule has 1 saturated carbocycles. The average Bonchev–Trinajstić information content (AvgIpc) is 1.77. The van der Waals surface area contributed by atoms with Gasteiger partial charge in [0.2, 0.25) is 5.88 Å². The van der Waals surface area contributed by atoms with Crippen molar-refractivity contribution in [3.63, 3.8) is 0 Å². The average molecular weight is 1690 g/mol. The van der Waals surface area contributed by atoms with E-state index < -0.39 is 35.7 Å². The zero-order valence-corrected chi connectivity index (χ0v) is 75.1. The molecule has 1 aromatic heterocycles. The van der Waals surface area contributed by atoms with Crippen LogP contribution in [0.15, 0.2) is 206 Å². The SMILES string of the molecule is CCCCCCCCCc1ccc(-c2ccc(C(=O)O)cc2)cc1.CCCCCCCCc1ccc(-c2ccc(C(=O)O)cc2)cc1.CCCCCCCCc1ccc(-c2ccc(C(=O)O)cc2C)cc1.CCCCCc1ccc(-c2ccc(C(=O)O)cc2)cc1.CCCCOCCOc1nc(-c2ccc(C(=O)O)c(F)c2)sc1C.NC1CCCCCC1. The minimum absolute atomic E-state index is 0.324. The molecule has 660 valence electrons. The molecule has 1 heterocycles. The Bertz CT molecular complexity index is 4630. The van der Waals surface area contributed by atoms with Crippen molar-refractivity contribution in [1.29, 1.82) is 0 Å². The summed E-state index contributed by atoms with van der Waals surface area (Å²) in [6.45, 7) is 16.5. The zero-order valence-electron chi connectivity index (χ0n) is 74.3. The number of nitrogens with two attached hydrogens (primary N) is 1. The lowest BCUT2D eigenvalue weighted by atomic mass is 9.96. The van der Waals surface area contributed by atoms with Gasteiger partial charge in [-0.1, -0.05) is 328 Å². The van der Waals surface area contributed by atoms with Gasteiger partial charge in [-0.15, -0.1) is 11.3 Å². The second-order valence-electron chi connectivity index (χ2n) is 32.1. The molecular formula is C107H137FN2O12S. The van der Waals surface area contributed by atoms with Gasteiger partial charge in [0.05, 0.1) is 39.3 Å². The first-order valence-corrected chi connectivity index (χ1v) is 46.1. The molecule has 0 radical (unpaired) electrons. The van der Waals surface area contributed by atoms with E-state index in [1.807, 2.05) is 56.3 Å². The second-order valence-corrected chi connectivity index (χ2v) is 33.3. The van der Waals surface area contributed by atoms with Crippen LogP contribution < -0.4 is 10.5 Å². The number of rotatable bonds is 43. The van der Waals surface area contributed by atoms with E-state index in [-0.39, 0.29) is 5.56 Å². The first kappa shape index (κ1) is 101. The number of aryl methyl sites for hydroxylation is 6. The van der Waals surface area contributed by atoms with Crippen molar-refractivity contribution < 1.29 is 63.4 Å². The summed E-state index contributed by atoms with van der Waals surface area (Å²) in [7, 11) is 0. The van der Waals surface area contributed by atoms with Crippen LogP contribution in [0.25, 0.3) is 55.1 Å². The summed E-state index contributed by atoms with van der Waals surface area (Å²) in [5.74, 6) is -5.10. The smallest absolute Gasteiger partial charge is 0.338 e. The fourth-order valence-corrected chi connectivity index (χ4v) is 15.2. The van der Waals surface area contributed by atoms with Crippen molar-refractivity contribution in [1.82, 2.24) is 4.98 Å². The number of nitrogens with zero attached hydrogens (tertiary/aromatic N) is 1. The Morgan fingerprint density at radius 1 is 0.358 bits per heavy atom. The van der Waals surface area contributed by atoms with Crippen LogP contribution >= 0.6 is 11.3 Å². The number of benzene rings is 9. The van der Waals surface area contributed by atoms with E-state index in [9.17, 15) is 28.4 Å². The Kier molecular flexibility index (Phi) is 49.0. The Labute approximate surface area is 737 Å². The highest BCUT2D eigenvalue weighted by molar-refractivity contribution is 7.15. The maximum absolute atomic E-state index is 13.8. The highest BCUT2D eigenvalue weighted by Gasteiger charge is 2.17. The number of halogens is 1. The van der Waals surface area contributed by atoms with Crippen LogP contribution in [0.2, 0.25) is 0 Å². The third-order valence-corrected chi connectivity index (χ3v) is 23.0. The van der Waals surface area contributed by atoms with Gasteiger partial charge in [0.15, 0.2) is 0 Å². The Morgan fingerprint density at radius 2 is 0.675 bits per heavy atom. The monoisotopic (exact) mass is 1690 g/mol. The number of carboxylic acid groups (broad SMARTS) is 5. The van der Waals surface area contributed by atoms with E-state index in [0.717, 1.165) is 100 Å². The Hall–Kier alpha value is -10.4. The number of thiazole rings is 1. The molecule has 1 fully saturated rings. The fourth-order valence-electron chi connectivity index (χ4n) is 14.4. The standard InChI is InChI=1S/2C22H28O2.C21H26O2.C18H20O2.C17H20FNO4S.C7H15N/c1-3-4-5-6-7-8-9-18-10-12-19(13-11-18)21-15-14-20(22(23)24)16-17(21)2;1-2-3-4-5-6-7-8-9-18-10-12-19(13-11-18)20-14-16-21(17-15-20)22(23)24;1-2-3-4-5-6-7-8-17-9-11-18(12-10-17)19-13-15-20(16-14-19)21(22)23;1-2-3-4-5-14-6-8-15(9-7-14)16-10-12-17(13-11-16)18(19)20;1-3-4-7-22-8-9-23-15-11(2)24-16(19-15)12-5-6-13(17(20)21)14(18)10-12;8-7-5-3-1-2-4-6-7/h10-16H,3-9H2,1-2H3,(H,23,24);10-17H,2-9H2,1H3,(H,23,24);9-16H,2-8H2,1H3,(H,22,23);6-13H,2-5H2,1H3,(H,19,20);5-6,10H,3-4,7-9H2,1-2H3,(H,20,21);7H,1-6,8H2. The molecule has 0 saturated heterocycles. The number of carboxylic acids is 5. The molecule has 0 aliphatic heterocycles. The number of aromatic carboxylic acids is 5. The van der Waals surface area contributed by atoms with Gasteiger partial charge in [-0.3, -0.25) is 0 Å². The lowest BCUT2D eigenvalue weighted by Gasteiger charge is -2.09. The molecule has 10 aromatic rings. The fraction of sp³-hybridized carbons (Fsp3) is 0.421. The van der Waals surface area contributed by atoms with Gasteiger partial charge in [-0.25, -0.2) is 33.3 Å². The third kappa shape index (κ3) is 39.3. The molecule has 11 rings (SSSR count). The minimum Gasteiger partial charge on any atom is -0.478 e. The van der Waals surface area contributed by atoms with Gasteiger partial charge in [0, 0.05) is 18.2 Å². The van der Waals surface area contributed by atoms with Crippen LogP contribution in [0.1, 0.15) is 312 Å². The van der Waals surface area contributed by atoms with E-state index in [2.05, 4.69) is 137 Å². The van der Waals surface area contributed by atoms with Crippen molar-refractivity contribution in [3.05, 3.63) is 273 Å². The quantitative estimate of drug-likeness (QED) is 0.0154. The van der Waals surface area contributed by atoms with E-state index in [1.165, 1.54) is 226 Å². The molecule has 0 bridgehead atoms. The van der Waals surface area contributed by atoms with Crippen molar-refractivity contribution in [3.8, 4) is 61.0 Å². The Morgan fingerprint density at radius 3 is 1.02 bits per heavy atom.